The third-order valence-electron chi connectivity index (χ3n) is 4.55. The average Bonchev–Trinajstić information content (AvgIpc) is 3.19. The number of amides is 1. The molecule has 3 heterocycles. The van der Waals surface area contributed by atoms with E-state index in [2.05, 4.69) is 26.8 Å². The number of carbonyl (C=O) groups is 1. The lowest BCUT2D eigenvalue weighted by molar-refractivity contribution is 0.0582. The minimum atomic E-state index is -0.0608. The molecule has 0 aliphatic carbocycles. The van der Waals surface area contributed by atoms with Gasteiger partial charge in [-0.2, -0.15) is 0 Å². The normalized spacial score (nSPS) is 16.9. The molecule has 3 aromatic rings. The average molecular weight is 322 g/mol. The smallest absolute Gasteiger partial charge is 0.260 e. The first-order valence-corrected chi connectivity index (χ1v) is 7.94. The van der Waals surface area contributed by atoms with E-state index in [1.54, 1.807) is 20.0 Å². The standard InChI is InChI=1S/C18H18N4O2/c1-12-17(13(2)24-20-12)18(23)22-11-16-19-8-9-21(16)10-15(22)14-6-4-3-5-7-14/h3-9,15H,10-11H2,1-2H3. The van der Waals surface area contributed by atoms with Gasteiger partial charge in [-0.15, -0.1) is 0 Å². The quantitative estimate of drug-likeness (QED) is 0.728. The summed E-state index contributed by atoms with van der Waals surface area (Å²) in [6.45, 7) is 4.73. The minimum Gasteiger partial charge on any atom is -0.361 e. The number of hydrogen-bond donors (Lipinski definition) is 0. The summed E-state index contributed by atoms with van der Waals surface area (Å²) in [7, 11) is 0. The van der Waals surface area contributed by atoms with Crippen molar-refractivity contribution in [2.24, 2.45) is 0 Å². The van der Waals surface area contributed by atoms with Crippen LogP contribution in [0.2, 0.25) is 0 Å². The van der Waals surface area contributed by atoms with Gasteiger partial charge < -0.3 is 14.0 Å². The van der Waals surface area contributed by atoms with E-state index >= 15 is 0 Å². The molecule has 1 aliphatic heterocycles. The Morgan fingerprint density at radius 1 is 1.25 bits per heavy atom. The zero-order valence-electron chi connectivity index (χ0n) is 13.6. The van der Waals surface area contributed by atoms with Gasteiger partial charge in [0.2, 0.25) is 0 Å². The van der Waals surface area contributed by atoms with Crippen LogP contribution in [-0.4, -0.2) is 25.5 Å². The van der Waals surface area contributed by atoms with Gasteiger partial charge in [0, 0.05) is 18.9 Å². The van der Waals surface area contributed by atoms with Gasteiger partial charge >= 0.3 is 0 Å². The lowest BCUT2D eigenvalue weighted by atomic mass is 10.0. The van der Waals surface area contributed by atoms with Gasteiger partial charge in [-0.3, -0.25) is 4.79 Å². The van der Waals surface area contributed by atoms with E-state index in [1.165, 1.54) is 0 Å². The minimum absolute atomic E-state index is 0.0471. The number of benzene rings is 1. The third kappa shape index (κ3) is 2.31. The highest BCUT2D eigenvalue weighted by Crippen LogP contribution is 2.31. The van der Waals surface area contributed by atoms with Crippen LogP contribution in [0.5, 0.6) is 0 Å². The Kier molecular flexibility index (Phi) is 3.45. The highest BCUT2D eigenvalue weighted by molar-refractivity contribution is 5.96. The topological polar surface area (TPSA) is 64.2 Å². The molecule has 0 radical (unpaired) electrons. The summed E-state index contributed by atoms with van der Waals surface area (Å²) in [5.41, 5.74) is 2.28. The maximum Gasteiger partial charge on any atom is 0.260 e. The molecule has 1 unspecified atom stereocenters. The Morgan fingerprint density at radius 2 is 2.04 bits per heavy atom. The number of aryl methyl sites for hydroxylation is 2. The Balaban J connectivity index is 1.77. The summed E-state index contributed by atoms with van der Waals surface area (Å²) < 4.78 is 7.29. The van der Waals surface area contributed by atoms with Crippen LogP contribution in [0.15, 0.2) is 47.2 Å². The van der Waals surface area contributed by atoms with Crippen LogP contribution < -0.4 is 0 Å². The second kappa shape index (κ2) is 5.63. The monoisotopic (exact) mass is 322 g/mol. The lowest BCUT2D eigenvalue weighted by Gasteiger charge is -2.36. The summed E-state index contributed by atoms with van der Waals surface area (Å²) in [6.07, 6.45) is 3.74. The van der Waals surface area contributed by atoms with E-state index in [9.17, 15) is 4.79 Å². The summed E-state index contributed by atoms with van der Waals surface area (Å²) in [5, 5.41) is 3.92. The van der Waals surface area contributed by atoms with Crippen molar-refractivity contribution in [2.75, 3.05) is 0 Å². The van der Waals surface area contributed by atoms with E-state index in [1.807, 2.05) is 29.3 Å². The van der Waals surface area contributed by atoms with Crippen molar-refractivity contribution in [2.45, 2.75) is 33.0 Å². The molecule has 0 fully saturated rings. The van der Waals surface area contributed by atoms with Crippen molar-refractivity contribution in [3.8, 4) is 0 Å². The molecule has 1 aliphatic rings. The largest absolute Gasteiger partial charge is 0.361 e. The van der Waals surface area contributed by atoms with Gasteiger partial charge in [-0.05, 0) is 19.4 Å². The van der Waals surface area contributed by atoms with E-state index in [0.29, 0.717) is 30.1 Å². The fraction of sp³-hybridized carbons (Fsp3) is 0.278. The molecule has 0 saturated carbocycles. The van der Waals surface area contributed by atoms with Crippen LogP contribution in [0, 0.1) is 13.8 Å². The summed E-state index contributed by atoms with van der Waals surface area (Å²) >= 11 is 0. The van der Waals surface area contributed by atoms with E-state index in [0.717, 1.165) is 11.4 Å². The van der Waals surface area contributed by atoms with Gasteiger partial charge in [0.1, 0.15) is 17.1 Å². The van der Waals surface area contributed by atoms with Crippen LogP contribution in [0.4, 0.5) is 0 Å². The summed E-state index contributed by atoms with van der Waals surface area (Å²) in [5.74, 6) is 1.38. The number of hydrogen-bond acceptors (Lipinski definition) is 4. The van der Waals surface area contributed by atoms with E-state index in [-0.39, 0.29) is 11.9 Å². The van der Waals surface area contributed by atoms with Crippen molar-refractivity contribution in [3.05, 3.63) is 71.1 Å². The Morgan fingerprint density at radius 3 is 2.75 bits per heavy atom. The van der Waals surface area contributed by atoms with Gasteiger partial charge in [-0.1, -0.05) is 35.5 Å². The van der Waals surface area contributed by atoms with Crippen LogP contribution in [0.25, 0.3) is 0 Å². The summed E-state index contributed by atoms with van der Waals surface area (Å²) in [4.78, 5) is 19.4. The molecule has 6 nitrogen and oxygen atoms in total. The Labute approximate surface area is 139 Å². The fourth-order valence-electron chi connectivity index (χ4n) is 3.31. The zero-order valence-corrected chi connectivity index (χ0v) is 13.6. The Hall–Kier alpha value is -2.89. The second-order valence-corrected chi connectivity index (χ2v) is 6.05. The number of nitrogens with zero attached hydrogens (tertiary/aromatic N) is 4. The van der Waals surface area contributed by atoms with Crippen molar-refractivity contribution < 1.29 is 9.32 Å². The first kappa shape index (κ1) is 14.7. The number of carbonyl (C=O) groups excluding carboxylic acids is 1. The zero-order chi connectivity index (χ0) is 16.7. The molecule has 24 heavy (non-hydrogen) atoms. The lowest BCUT2D eigenvalue weighted by Crippen LogP contribution is -2.41. The molecule has 6 heteroatoms. The van der Waals surface area contributed by atoms with Gasteiger partial charge in [-0.25, -0.2) is 4.98 Å². The number of imidazole rings is 1. The first-order chi connectivity index (χ1) is 11.6. The molecule has 1 amide bonds. The number of fused-ring (bicyclic) bond motifs is 1. The molecule has 122 valence electrons. The maximum atomic E-state index is 13.2. The molecular formula is C18H18N4O2. The second-order valence-electron chi connectivity index (χ2n) is 6.05. The van der Waals surface area contributed by atoms with Crippen LogP contribution >= 0.6 is 0 Å². The molecule has 1 aromatic carbocycles. The molecular weight excluding hydrogens is 304 g/mol. The van der Waals surface area contributed by atoms with Gasteiger partial charge in [0.05, 0.1) is 18.3 Å². The first-order valence-electron chi connectivity index (χ1n) is 7.94. The highest BCUT2D eigenvalue weighted by atomic mass is 16.5. The van der Waals surface area contributed by atoms with Crippen LogP contribution in [0.1, 0.15) is 39.2 Å². The highest BCUT2D eigenvalue weighted by Gasteiger charge is 2.34. The molecule has 2 aromatic heterocycles. The Bertz CT molecular complexity index is 862. The predicted molar refractivity (Wildman–Crippen MR) is 87.3 cm³/mol. The van der Waals surface area contributed by atoms with Crippen molar-refractivity contribution in [1.82, 2.24) is 19.6 Å². The molecule has 0 saturated heterocycles. The van der Waals surface area contributed by atoms with E-state index in [4.69, 9.17) is 4.52 Å². The van der Waals surface area contributed by atoms with Gasteiger partial charge in [0.25, 0.3) is 5.91 Å². The summed E-state index contributed by atoms with van der Waals surface area (Å²) in [6, 6.07) is 10.0. The molecule has 0 N–H and O–H groups in total. The third-order valence-corrected chi connectivity index (χ3v) is 4.55. The molecule has 0 spiro atoms. The molecule has 0 bridgehead atoms. The fourth-order valence-corrected chi connectivity index (χ4v) is 3.31. The predicted octanol–water partition coefficient (Wildman–Crippen LogP) is 2.89. The van der Waals surface area contributed by atoms with Crippen molar-refractivity contribution in [1.29, 1.82) is 0 Å². The van der Waals surface area contributed by atoms with Crippen LogP contribution in [0.3, 0.4) is 0 Å². The maximum absolute atomic E-state index is 13.2. The molecule has 4 rings (SSSR count). The number of aromatic nitrogens is 3. The SMILES string of the molecule is Cc1noc(C)c1C(=O)N1Cc2nccn2CC1c1ccccc1. The molecule has 1 atom stereocenters. The van der Waals surface area contributed by atoms with E-state index < -0.39 is 0 Å². The van der Waals surface area contributed by atoms with Gasteiger partial charge in [0.15, 0.2) is 0 Å². The van der Waals surface area contributed by atoms with Crippen molar-refractivity contribution in [3.63, 3.8) is 0 Å². The number of rotatable bonds is 2. The van der Waals surface area contributed by atoms with Crippen molar-refractivity contribution >= 4 is 5.91 Å². The van der Waals surface area contributed by atoms with Crippen LogP contribution in [-0.2, 0) is 13.1 Å².